The lowest BCUT2D eigenvalue weighted by atomic mass is 10.1. The van der Waals surface area contributed by atoms with Gasteiger partial charge in [-0.15, -0.1) is 0 Å². The van der Waals surface area contributed by atoms with E-state index in [1.54, 1.807) is 24.3 Å². The summed E-state index contributed by atoms with van der Waals surface area (Å²) in [5, 5.41) is 9.68. The van der Waals surface area contributed by atoms with Crippen molar-refractivity contribution in [2.24, 2.45) is 0 Å². The second kappa shape index (κ2) is 5.96. The zero-order valence-electron chi connectivity index (χ0n) is 11.8. The molecule has 3 aromatic rings. The van der Waals surface area contributed by atoms with E-state index in [-0.39, 0.29) is 16.9 Å². The molecule has 114 valence electrons. The quantitative estimate of drug-likeness (QED) is 0.781. The summed E-state index contributed by atoms with van der Waals surface area (Å²) in [6.07, 6.45) is 3.28. The Labute approximate surface area is 130 Å². The van der Waals surface area contributed by atoms with Gasteiger partial charge in [-0.1, -0.05) is 18.2 Å². The van der Waals surface area contributed by atoms with E-state index in [4.69, 9.17) is 0 Å². The van der Waals surface area contributed by atoms with Gasteiger partial charge in [0.2, 0.25) is 0 Å². The fourth-order valence-corrected chi connectivity index (χ4v) is 2.24. The van der Waals surface area contributed by atoms with E-state index in [0.29, 0.717) is 11.1 Å². The average molecular weight is 311 g/mol. The summed E-state index contributed by atoms with van der Waals surface area (Å²) >= 11 is 0. The molecule has 0 aliphatic carbocycles. The van der Waals surface area contributed by atoms with Crippen molar-refractivity contribution in [3.05, 3.63) is 77.0 Å². The fourth-order valence-electron chi connectivity index (χ4n) is 2.24. The number of hydrogen-bond acceptors (Lipinski definition) is 2. The molecule has 0 saturated heterocycles. The molecular formula is C18H11F2NO2. The molecule has 1 N–H and O–H groups in total. The van der Waals surface area contributed by atoms with Crippen molar-refractivity contribution in [3.8, 4) is 0 Å². The predicted molar refractivity (Wildman–Crippen MR) is 84.0 cm³/mol. The van der Waals surface area contributed by atoms with Gasteiger partial charge >= 0.3 is 5.97 Å². The highest BCUT2D eigenvalue weighted by atomic mass is 19.1. The van der Waals surface area contributed by atoms with Gasteiger partial charge in [-0.2, -0.15) is 0 Å². The van der Waals surface area contributed by atoms with Crippen LogP contribution in [0.5, 0.6) is 0 Å². The molecule has 0 saturated carbocycles. The van der Waals surface area contributed by atoms with Gasteiger partial charge in [0, 0.05) is 11.5 Å². The second-order valence-electron chi connectivity index (χ2n) is 4.95. The minimum Gasteiger partial charge on any atom is -0.478 e. The maximum atomic E-state index is 13.3. The number of halogens is 2. The van der Waals surface area contributed by atoms with Crippen LogP contribution in [-0.4, -0.2) is 16.1 Å². The Balaban J connectivity index is 2.06. The monoisotopic (exact) mass is 311 g/mol. The molecule has 1 heterocycles. The Kier molecular flexibility index (Phi) is 3.85. The van der Waals surface area contributed by atoms with E-state index < -0.39 is 11.8 Å². The number of aromatic nitrogens is 1. The Hall–Kier alpha value is -3.08. The largest absolute Gasteiger partial charge is 0.478 e. The van der Waals surface area contributed by atoms with Gasteiger partial charge in [0.1, 0.15) is 11.6 Å². The molecule has 0 amide bonds. The first-order valence-electron chi connectivity index (χ1n) is 6.80. The lowest BCUT2D eigenvalue weighted by Gasteiger charge is -2.04. The lowest BCUT2D eigenvalue weighted by Crippen LogP contribution is -2.00. The number of hydrogen-bond donors (Lipinski definition) is 1. The SMILES string of the molecule is O=C(O)c1cc(/C=C/c2ccc(F)cc2)nc2cc(F)ccc12. The van der Waals surface area contributed by atoms with Gasteiger partial charge in [-0.3, -0.25) is 0 Å². The number of carboxylic acids is 1. The Morgan fingerprint density at radius 1 is 0.957 bits per heavy atom. The average Bonchev–Trinajstić information content (AvgIpc) is 2.53. The first-order chi connectivity index (χ1) is 11.0. The third-order valence-corrected chi connectivity index (χ3v) is 3.34. The molecule has 2 aromatic carbocycles. The number of carboxylic acid groups (broad SMARTS) is 1. The summed E-state index contributed by atoms with van der Waals surface area (Å²) in [7, 11) is 0. The molecule has 3 rings (SSSR count). The van der Waals surface area contributed by atoms with Gasteiger partial charge in [0.05, 0.1) is 16.8 Å². The maximum absolute atomic E-state index is 13.3. The topological polar surface area (TPSA) is 50.2 Å². The number of aromatic carboxylic acids is 1. The van der Waals surface area contributed by atoms with Crippen molar-refractivity contribution in [2.75, 3.05) is 0 Å². The first kappa shape index (κ1) is 14.8. The molecule has 0 atom stereocenters. The van der Waals surface area contributed by atoms with Gasteiger partial charge in [-0.05, 0) is 42.0 Å². The van der Waals surface area contributed by atoms with Crippen LogP contribution in [0.4, 0.5) is 8.78 Å². The molecule has 1 aromatic heterocycles. The summed E-state index contributed by atoms with van der Waals surface area (Å²) in [6, 6.07) is 11.0. The van der Waals surface area contributed by atoms with Crippen molar-refractivity contribution in [1.29, 1.82) is 0 Å². The van der Waals surface area contributed by atoms with Crippen LogP contribution < -0.4 is 0 Å². The molecule has 23 heavy (non-hydrogen) atoms. The molecule has 0 bridgehead atoms. The number of carbonyl (C=O) groups is 1. The van der Waals surface area contributed by atoms with E-state index in [9.17, 15) is 18.7 Å². The van der Waals surface area contributed by atoms with Crippen molar-refractivity contribution >= 4 is 29.0 Å². The van der Waals surface area contributed by atoms with Crippen LogP contribution >= 0.6 is 0 Å². The molecule has 0 aliphatic heterocycles. The van der Waals surface area contributed by atoms with Crippen LogP contribution in [0.1, 0.15) is 21.6 Å². The highest BCUT2D eigenvalue weighted by molar-refractivity contribution is 6.03. The van der Waals surface area contributed by atoms with Gasteiger partial charge in [0.25, 0.3) is 0 Å². The van der Waals surface area contributed by atoms with Crippen molar-refractivity contribution in [2.45, 2.75) is 0 Å². The third-order valence-electron chi connectivity index (χ3n) is 3.34. The molecular weight excluding hydrogens is 300 g/mol. The van der Waals surface area contributed by atoms with Crippen molar-refractivity contribution in [3.63, 3.8) is 0 Å². The summed E-state index contributed by atoms with van der Waals surface area (Å²) in [5.74, 6) is -1.93. The van der Waals surface area contributed by atoms with Gasteiger partial charge < -0.3 is 5.11 Å². The number of nitrogens with zero attached hydrogens (tertiary/aromatic N) is 1. The summed E-state index contributed by atoms with van der Waals surface area (Å²) in [4.78, 5) is 15.6. The van der Waals surface area contributed by atoms with E-state index in [1.807, 2.05) is 0 Å². The molecule has 0 unspecified atom stereocenters. The van der Waals surface area contributed by atoms with Crippen molar-refractivity contribution in [1.82, 2.24) is 4.98 Å². The smallest absolute Gasteiger partial charge is 0.336 e. The van der Waals surface area contributed by atoms with E-state index in [2.05, 4.69) is 4.98 Å². The highest BCUT2D eigenvalue weighted by Crippen LogP contribution is 2.21. The van der Waals surface area contributed by atoms with Gasteiger partial charge in [0.15, 0.2) is 0 Å². The van der Waals surface area contributed by atoms with E-state index in [1.165, 1.54) is 36.4 Å². The fraction of sp³-hybridized carbons (Fsp3) is 0. The van der Waals surface area contributed by atoms with Gasteiger partial charge in [-0.25, -0.2) is 18.6 Å². The second-order valence-corrected chi connectivity index (χ2v) is 4.95. The normalized spacial score (nSPS) is 11.2. The Morgan fingerprint density at radius 3 is 2.35 bits per heavy atom. The first-order valence-corrected chi connectivity index (χ1v) is 6.80. The van der Waals surface area contributed by atoms with Crippen LogP contribution in [-0.2, 0) is 0 Å². The standard InChI is InChI=1S/C18H11F2NO2/c19-12-4-1-11(2-5-12)3-7-14-10-16(18(22)23)15-8-6-13(20)9-17(15)21-14/h1-10H,(H,22,23)/b7-3+. The molecule has 5 heteroatoms. The maximum Gasteiger partial charge on any atom is 0.336 e. The van der Waals surface area contributed by atoms with E-state index >= 15 is 0 Å². The predicted octanol–water partition coefficient (Wildman–Crippen LogP) is 4.38. The Morgan fingerprint density at radius 2 is 1.65 bits per heavy atom. The third kappa shape index (κ3) is 3.23. The van der Waals surface area contributed by atoms with Crippen LogP contribution in [0, 0.1) is 11.6 Å². The number of pyridine rings is 1. The number of rotatable bonds is 3. The Bertz CT molecular complexity index is 918. The molecule has 3 nitrogen and oxygen atoms in total. The van der Waals surface area contributed by atoms with Crippen LogP contribution in [0.2, 0.25) is 0 Å². The number of benzene rings is 2. The molecule has 0 fully saturated rings. The summed E-state index contributed by atoms with van der Waals surface area (Å²) in [5.41, 5.74) is 1.44. The van der Waals surface area contributed by atoms with Crippen LogP contribution in [0.15, 0.2) is 48.5 Å². The molecule has 0 spiro atoms. The molecule has 0 radical (unpaired) electrons. The van der Waals surface area contributed by atoms with Crippen molar-refractivity contribution < 1.29 is 18.7 Å². The minimum absolute atomic E-state index is 0.0498. The van der Waals surface area contributed by atoms with Crippen LogP contribution in [0.3, 0.4) is 0 Å². The number of fused-ring (bicyclic) bond motifs is 1. The lowest BCUT2D eigenvalue weighted by molar-refractivity contribution is 0.0699. The highest BCUT2D eigenvalue weighted by Gasteiger charge is 2.11. The minimum atomic E-state index is -1.11. The van der Waals surface area contributed by atoms with Crippen LogP contribution in [0.25, 0.3) is 23.1 Å². The summed E-state index contributed by atoms with van der Waals surface area (Å²) < 4.78 is 26.2. The molecule has 0 aliphatic rings. The summed E-state index contributed by atoms with van der Waals surface area (Å²) in [6.45, 7) is 0. The zero-order chi connectivity index (χ0) is 16.4. The van der Waals surface area contributed by atoms with E-state index in [0.717, 1.165) is 5.56 Å². The zero-order valence-corrected chi connectivity index (χ0v) is 11.8.